The number of hydrogen-bond donors (Lipinski definition) is 1. The van der Waals surface area contributed by atoms with Crippen molar-refractivity contribution in [3.05, 3.63) is 58.9 Å². The van der Waals surface area contributed by atoms with Gasteiger partial charge in [0.15, 0.2) is 4.96 Å². The Morgan fingerprint density at radius 3 is 3.00 bits per heavy atom. The van der Waals surface area contributed by atoms with Crippen molar-refractivity contribution in [2.24, 2.45) is 0 Å². The molecule has 0 unspecified atom stereocenters. The van der Waals surface area contributed by atoms with Crippen molar-refractivity contribution >= 4 is 16.3 Å². The lowest BCUT2D eigenvalue weighted by Crippen LogP contribution is -2.15. The summed E-state index contributed by atoms with van der Waals surface area (Å²) in [6.07, 6.45) is 2.04. The molecule has 0 fully saturated rings. The molecule has 4 nitrogen and oxygen atoms in total. The standard InChI is InChI=1S/C14H15N3OS/c1-11-13(17-7-8-19-14(17)16-11)9-15-18-10-12-5-3-2-4-6-12/h2-8,15H,9-10H2,1H3. The van der Waals surface area contributed by atoms with E-state index in [0.717, 1.165) is 21.9 Å². The lowest BCUT2D eigenvalue weighted by atomic mass is 10.2. The number of aryl methyl sites for hydroxylation is 1. The van der Waals surface area contributed by atoms with Gasteiger partial charge in [-0.05, 0) is 12.5 Å². The van der Waals surface area contributed by atoms with Crippen molar-refractivity contribution in [3.63, 3.8) is 0 Å². The molecule has 2 aromatic heterocycles. The monoisotopic (exact) mass is 273 g/mol. The zero-order chi connectivity index (χ0) is 13.1. The fraction of sp³-hybridized carbons (Fsp3) is 0.214. The Balaban J connectivity index is 1.58. The smallest absolute Gasteiger partial charge is 0.194 e. The van der Waals surface area contributed by atoms with Gasteiger partial charge in [0.25, 0.3) is 0 Å². The number of aromatic nitrogens is 2. The highest BCUT2D eigenvalue weighted by Crippen LogP contribution is 2.16. The van der Waals surface area contributed by atoms with Crippen molar-refractivity contribution in [3.8, 4) is 0 Å². The van der Waals surface area contributed by atoms with E-state index >= 15 is 0 Å². The third-order valence-electron chi connectivity index (χ3n) is 2.98. The van der Waals surface area contributed by atoms with Gasteiger partial charge in [-0.3, -0.25) is 9.24 Å². The first kappa shape index (κ1) is 12.3. The van der Waals surface area contributed by atoms with Gasteiger partial charge in [-0.1, -0.05) is 30.3 Å². The van der Waals surface area contributed by atoms with E-state index in [1.807, 2.05) is 48.8 Å². The number of hydroxylamine groups is 1. The first-order valence-electron chi connectivity index (χ1n) is 6.14. The van der Waals surface area contributed by atoms with Crippen LogP contribution in [0.15, 0.2) is 41.9 Å². The van der Waals surface area contributed by atoms with Crippen LogP contribution >= 0.6 is 11.3 Å². The summed E-state index contributed by atoms with van der Waals surface area (Å²) >= 11 is 1.64. The van der Waals surface area contributed by atoms with Gasteiger partial charge in [0.2, 0.25) is 0 Å². The van der Waals surface area contributed by atoms with E-state index in [-0.39, 0.29) is 0 Å². The summed E-state index contributed by atoms with van der Waals surface area (Å²) in [5, 5.41) is 2.04. The predicted octanol–water partition coefficient (Wildman–Crippen LogP) is 2.93. The van der Waals surface area contributed by atoms with Gasteiger partial charge in [0.05, 0.1) is 24.5 Å². The van der Waals surface area contributed by atoms with E-state index in [0.29, 0.717) is 13.2 Å². The molecule has 3 aromatic rings. The molecule has 0 atom stereocenters. The highest BCUT2D eigenvalue weighted by Gasteiger charge is 2.08. The average molecular weight is 273 g/mol. The summed E-state index contributed by atoms with van der Waals surface area (Å²) in [6, 6.07) is 10.1. The minimum atomic E-state index is 0.561. The normalized spacial score (nSPS) is 11.2. The number of rotatable bonds is 5. The van der Waals surface area contributed by atoms with Crippen molar-refractivity contribution in [2.75, 3.05) is 0 Å². The van der Waals surface area contributed by atoms with Crippen LogP contribution in [-0.2, 0) is 18.0 Å². The molecule has 0 aliphatic heterocycles. The largest absolute Gasteiger partial charge is 0.297 e. The maximum Gasteiger partial charge on any atom is 0.194 e. The van der Waals surface area contributed by atoms with E-state index in [1.165, 1.54) is 0 Å². The van der Waals surface area contributed by atoms with Crippen LogP contribution in [0.25, 0.3) is 4.96 Å². The Labute approximate surface area is 115 Å². The average Bonchev–Trinajstić information content (AvgIpc) is 2.98. The molecular formula is C14H15N3OS. The second-order valence-corrected chi connectivity index (χ2v) is 5.17. The summed E-state index contributed by atoms with van der Waals surface area (Å²) in [5.41, 5.74) is 6.34. The number of hydrogen-bond acceptors (Lipinski definition) is 4. The van der Waals surface area contributed by atoms with E-state index in [9.17, 15) is 0 Å². The zero-order valence-corrected chi connectivity index (χ0v) is 11.5. The Morgan fingerprint density at radius 1 is 1.32 bits per heavy atom. The molecule has 0 saturated carbocycles. The summed E-state index contributed by atoms with van der Waals surface area (Å²) in [5.74, 6) is 0. The van der Waals surface area contributed by atoms with Crippen LogP contribution in [0.4, 0.5) is 0 Å². The zero-order valence-electron chi connectivity index (χ0n) is 10.7. The molecule has 0 bridgehead atoms. The van der Waals surface area contributed by atoms with Crippen molar-refractivity contribution < 1.29 is 4.84 Å². The highest BCUT2D eigenvalue weighted by atomic mass is 32.1. The maximum atomic E-state index is 5.49. The van der Waals surface area contributed by atoms with Gasteiger partial charge in [0, 0.05) is 11.6 Å². The quantitative estimate of drug-likeness (QED) is 0.574. The molecule has 0 amide bonds. The molecule has 5 heteroatoms. The lowest BCUT2D eigenvalue weighted by molar-refractivity contribution is 0.0226. The summed E-state index contributed by atoms with van der Waals surface area (Å²) in [4.78, 5) is 11.0. The van der Waals surface area contributed by atoms with Crippen LogP contribution in [0.2, 0.25) is 0 Å². The number of fused-ring (bicyclic) bond motifs is 1. The van der Waals surface area contributed by atoms with Crippen LogP contribution in [0.1, 0.15) is 17.0 Å². The number of benzene rings is 1. The second-order valence-electron chi connectivity index (χ2n) is 4.29. The Kier molecular flexibility index (Phi) is 3.59. The van der Waals surface area contributed by atoms with Crippen LogP contribution in [0.3, 0.4) is 0 Å². The highest BCUT2D eigenvalue weighted by molar-refractivity contribution is 7.15. The maximum absolute atomic E-state index is 5.49. The summed E-state index contributed by atoms with van der Waals surface area (Å²) < 4.78 is 2.10. The first-order chi connectivity index (χ1) is 9.34. The van der Waals surface area contributed by atoms with Crippen LogP contribution in [0.5, 0.6) is 0 Å². The molecule has 1 aromatic carbocycles. The van der Waals surface area contributed by atoms with Crippen LogP contribution < -0.4 is 5.48 Å². The molecule has 98 valence electrons. The van der Waals surface area contributed by atoms with E-state index < -0.39 is 0 Å². The molecule has 0 aliphatic rings. The molecule has 2 heterocycles. The lowest BCUT2D eigenvalue weighted by Gasteiger charge is -2.06. The van der Waals surface area contributed by atoms with Gasteiger partial charge in [-0.15, -0.1) is 11.3 Å². The molecule has 0 aliphatic carbocycles. The number of thiazole rings is 1. The van der Waals surface area contributed by atoms with Crippen molar-refractivity contribution in [1.29, 1.82) is 0 Å². The minimum Gasteiger partial charge on any atom is -0.297 e. The molecule has 3 rings (SSSR count). The number of imidazole rings is 1. The van der Waals surface area contributed by atoms with E-state index in [2.05, 4.69) is 14.9 Å². The second kappa shape index (κ2) is 5.52. The fourth-order valence-electron chi connectivity index (χ4n) is 1.98. The Morgan fingerprint density at radius 2 is 2.16 bits per heavy atom. The van der Waals surface area contributed by atoms with Crippen LogP contribution in [-0.4, -0.2) is 9.38 Å². The molecule has 19 heavy (non-hydrogen) atoms. The molecular weight excluding hydrogens is 258 g/mol. The van der Waals surface area contributed by atoms with Crippen LogP contribution in [0, 0.1) is 6.92 Å². The van der Waals surface area contributed by atoms with Gasteiger partial charge in [-0.2, -0.15) is 5.48 Å². The summed E-state index contributed by atoms with van der Waals surface area (Å²) in [7, 11) is 0. The van der Waals surface area contributed by atoms with Crippen molar-refractivity contribution in [2.45, 2.75) is 20.1 Å². The van der Waals surface area contributed by atoms with Gasteiger partial charge < -0.3 is 0 Å². The van der Waals surface area contributed by atoms with E-state index in [1.54, 1.807) is 11.3 Å². The van der Waals surface area contributed by atoms with Gasteiger partial charge in [0.1, 0.15) is 0 Å². The van der Waals surface area contributed by atoms with Gasteiger partial charge >= 0.3 is 0 Å². The van der Waals surface area contributed by atoms with E-state index in [4.69, 9.17) is 4.84 Å². The third kappa shape index (κ3) is 2.68. The first-order valence-corrected chi connectivity index (χ1v) is 7.02. The molecule has 0 radical (unpaired) electrons. The SMILES string of the molecule is Cc1nc2sccn2c1CNOCc1ccccc1. The van der Waals surface area contributed by atoms with Crippen molar-refractivity contribution in [1.82, 2.24) is 14.9 Å². The number of nitrogens with zero attached hydrogens (tertiary/aromatic N) is 2. The minimum absolute atomic E-state index is 0.561. The molecule has 0 saturated heterocycles. The fourth-order valence-corrected chi connectivity index (χ4v) is 2.76. The van der Waals surface area contributed by atoms with Gasteiger partial charge in [-0.25, -0.2) is 4.98 Å². The third-order valence-corrected chi connectivity index (χ3v) is 3.74. The molecule has 1 N–H and O–H groups in total. The topological polar surface area (TPSA) is 38.6 Å². The molecule has 0 spiro atoms. The Bertz CT molecular complexity index is 660. The summed E-state index contributed by atoms with van der Waals surface area (Å²) in [6.45, 7) is 3.23. The predicted molar refractivity (Wildman–Crippen MR) is 75.9 cm³/mol. The Hall–Kier alpha value is -1.69. The number of nitrogens with one attached hydrogen (secondary N) is 1.